The number of nitrogens with one attached hydrogen (secondary N) is 2. The van der Waals surface area contributed by atoms with Crippen molar-refractivity contribution < 1.29 is 4.39 Å². The monoisotopic (exact) mass is 288 g/mol. The van der Waals surface area contributed by atoms with Gasteiger partial charge in [-0.3, -0.25) is 0 Å². The third-order valence-corrected chi connectivity index (χ3v) is 2.97. The van der Waals surface area contributed by atoms with Crippen LogP contribution in [0.2, 0.25) is 0 Å². The van der Waals surface area contributed by atoms with Gasteiger partial charge >= 0.3 is 0 Å². The molecule has 0 radical (unpaired) electrons. The highest BCUT2D eigenvalue weighted by atomic mass is 19.1. The summed E-state index contributed by atoms with van der Waals surface area (Å²) in [5, 5.41) is 6.43. The average molecular weight is 288 g/mol. The Morgan fingerprint density at radius 2 is 1.81 bits per heavy atom. The van der Waals surface area contributed by atoms with Crippen molar-refractivity contribution in [2.45, 2.75) is 33.2 Å². The molecule has 2 N–H and O–H groups in total. The van der Waals surface area contributed by atoms with E-state index >= 15 is 0 Å². The highest BCUT2D eigenvalue weighted by Crippen LogP contribution is 2.14. The molecule has 2 aromatic rings. The molecule has 0 saturated carbocycles. The van der Waals surface area contributed by atoms with Gasteiger partial charge in [0.25, 0.3) is 0 Å². The summed E-state index contributed by atoms with van der Waals surface area (Å²) in [5.74, 6) is 2.17. The van der Waals surface area contributed by atoms with E-state index in [1.165, 1.54) is 12.1 Å². The smallest absolute Gasteiger partial charge is 0.133 e. The summed E-state index contributed by atoms with van der Waals surface area (Å²) in [6.07, 6.45) is 1.84. The van der Waals surface area contributed by atoms with Gasteiger partial charge in [-0.2, -0.15) is 0 Å². The zero-order valence-corrected chi connectivity index (χ0v) is 12.5. The van der Waals surface area contributed by atoms with E-state index in [9.17, 15) is 4.39 Å². The van der Waals surface area contributed by atoms with Gasteiger partial charge in [-0.15, -0.1) is 0 Å². The van der Waals surface area contributed by atoms with E-state index in [0.717, 1.165) is 42.4 Å². The highest BCUT2D eigenvalue weighted by Gasteiger charge is 2.04. The van der Waals surface area contributed by atoms with E-state index in [2.05, 4.69) is 27.5 Å². The summed E-state index contributed by atoms with van der Waals surface area (Å²) < 4.78 is 13.2. The standard InChI is InChI=1S/C16H21FN4/c1-3-6-14-20-15(18-4-2)10-16(21-14)19-11-12-7-5-8-13(17)9-12/h5,7-10H,3-4,6,11H2,1-2H3,(H2,18,19,20,21). The molecule has 0 spiro atoms. The average Bonchev–Trinajstić information content (AvgIpc) is 2.46. The molecule has 0 aliphatic heterocycles. The lowest BCUT2D eigenvalue weighted by Crippen LogP contribution is -2.08. The molecule has 4 nitrogen and oxygen atoms in total. The predicted molar refractivity (Wildman–Crippen MR) is 83.9 cm³/mol. The van der Waals surface area contributed by atoms with Gasteiger partial charge in [0.05, 0.1) is 0 Å². The molecule has 1 heterocycles. The van der Waals surface area contributed by atoms with Gasteiger partial charge in [0.15, 0.2) is 0 Å². The van der Waals surface area contributed by atoms with Crippen LogP contribution in [-0.2, 0) is 13.0 Å². The molecule has 0 fully saturated rings. The van der Waals surface area contributed by atoms with Crippen molar-refractivity contribution in [2.24, 2.45) is 0 Å². The van der Waals surface area contributed by atoms with Crippen LogP contribution >= 0.6 is 0 Å². The molecule has 0 aliphatic rings. The third-order valence-electron chi connectivity index (χ3n) is 2.97. The Morgan fingerprint density at radius 3 is 2.48 bits per heavy atom. The minimum atomic E-state index is -0.225. The number of anilines is 2. The third kappa shape index (κ3) is 4.70. The van der Waals surface area contributed by atoms with E-state index in [4.69, 9.17) is 0 Å². The molecule has 2 rings (SSSR count). The Hall–Kier alpha value is -2.17. The van der Waals surface area contributed by atoms with Crippen LogP contribution in [0.15, 0.2) is 30.3 Å². The molecule has 0 aliphatic carbocycles. The summed E-state index contributed by atoms with van der Waals surface area (Å²) in [7, 11) is 0. The Kier molecular flexibility index (Phi) is 5.49. The van der Waals surface area contributed by atoms with Gasteiger partial charge in [-0.25, -0.2) is 14.4 Å². The van der Waals surface area contributed by atoms with E-state index in [1.54, 1.807) is 6.07 Å². The Bertz CT molecular complexity index is 562. The van der Waals surface area contributed by atoms with Crippen molar-refractivity contribution in [3.63, 3.8) is 0 Å². The van der Waals surface area contributed by atoms with Crippen LogP contribution in [0.4, 0.5) is 16.0 Å². The molecule has 5 heteroatoms. The molecule has 0 saturated heterocycles. The largest absolute Gasteiger partial charge is 0.370 e. The highest BCUT2D eigenvalue weighted by molar-refractivity contribution is 5.47. The molecular formula is C16H21FN4. The van der Waals surface area contributed by atoms with Crippen LogP contribution in [0.5, 0.6) is 0 Å². The summed E-state index contributed by atoms with van der Waals surface area (Å²) in [6.45, 7) is 5.47. The maximum atomic E-state index is 13.2. The topological polar surface area (TPSA) is 49.8 Å². The van der Waals surface area contributed by atoms with Crippen LogP contribution in [0.1, 0.15) is 31.7 Å². The summed E-state index contributed by atoms with van der Waals surface area (Å²) in [4.78, 5) is 8.95. The molecule has 21 heavy (non-hydrogen) atoms. The fraction of sp³-hybridized carbons (Fsp3) is 0.375. The predicted octanol–water partition coefficient (Wildman–Crippen LogP) is 3.61. The number of benzene rings is 1. The maximum Gasteiger partial charge on any atom is 0.133 e. The Morgan fingerprint density at radius 1 is 1.05 bits per heavy atom. The second-order valence-corrected chi connectivity index (χ2v) is 4.82. The molecule has 112 valence electrons. The minimum absolute atomic E-state index is 0.225. The van der Waals surface area contributed by atoms with E-state index < -0.39 is 0 Å². The molecule has 0 amide bonds. The van der Waals surface area contributed by atoms with Crippen molar-refractivity contribution in [1.29, 1.82) is 0 Å². The van der Waals surface area contributed by atoms with Crippen molar-refractivity contribution in [3.8, 4) is 0 Å². The lowest BCUT2D eigenvalue weighted by molar-refractivity contribution is 0.626. The van der Waals surface area contributed by atoms with E-state index in [1.807, 2.05) is 19.1 Å². The van der Waals surface area contributed by atoms with Crippen molar-refractivity contribution >= 4 is 11.6 Å². The number of hydrogen-bond acceptors (Lipinski definition) is 4. The van der Waals surface area contributed by atoms with Crippen molar-refractivity contribution in [2.75, 3.05) is 17.2 Å². The molecule has 0 atom stereocenters. The lowest BCUT2D eigenvalue weighted by atomic mass is 10.2. The quantitative estimate of drug-likeness (QED) is 0.817. The molecular weight excluding hydrogens is 267 g/mol. The Labute approximate surface area is 124 Å². The molecule has 0 bridgehead atoms. The van der Waals surface area contributed by atoms with Gasteiger partial charge in [0, 0.05) is 25.6 Å². The van der Waals surface area contributed by atoms with E-state index in [-0.39, 0.29) is 5.82 Å². The zero-order valence-electron chi connectivity index (χ0n) is 12.5. The summed E-state index contributed by atoms with van der Waals surface area (Å²) in [6, 6.07) is 8.43. The first-order valence-electron chi connectivity index (χ1n) is 7.31. The first-order valence-corrected chi connectivity index (χ1v) is 7.31. The van der Waals surface area contributed by atoms with Crippen LogP contribution in [0.25, 0.3) is 0 Å². The first kappa shape index (κ1) is 15.2. The zero-order chi connectivity index (χ0) is 15.1. The fourth-order valence-corrected chi connectivity index (χ4v) is 2.03. The maximum absolute atomic E-state index is 13.2. The van der Waals surface area contributed by atoms with Gasteiger partial charge in [0.2, 0.25) is 0 Å². The van der Waals surface area contributed by atoms with Crippen LogP contribution in [0, 0.1) is 5.82 Å². The van der Waals surface area contributed by atoms with Gasteiger partial charge in [0.1, 0.15) is 23.3 Å². The Balaban J connectivity index is 2.10. The van der Waals surface area contributed by atoms with Crippen LogP contribution < -0.4 is 10.6 Å². The summed E-state index contributed by atoms with van der Waals surface area (Å²) >= 11 is 0. The molecule has 0 unspecified atom stereocenters. The summed E-state index contributed by atoms with van der Waals surface area (Å²) in [5.41, 5.74) is 0.885. The number of aromatic nitrogens is 2. The van der Waals surface area contributed by atoms with Crippen molar-refractivity contribution in [1.82, 2.24) is 9.97 Å². The van der Waals surface area contributed by atoms with Gasteiger partial charge < -0.3 is 10.6 Å². The second kappa shape index (κ2) is 7.57. The lowest BCUT2D eigenvalue weighted by Gasteiger charge is -2.10. The minimum Gasteiger partial charge on any atom is -0.370 e. The van der Waals surface area contributed by atoms with Crippen LogP contribution in [0.3, 0.4) is 0 Å². The number of hydrogen-bond donors (Lipinski definition) is 2. The fourth-order valence-electron chi connectivity index (χ4n) is 2.03. The number of aryl methyl sites for hydroxylation is 1. The number of halogens is 1. The van der Waals surface area contributed by atoms with E-state index in [0.29, 0.717) is 6.54 Å². The normalized spacial score (nSPS) is 10.4. The molecule has 1 aromatic carbocycles. The number of nitrogens with zero attached hydrogens (tertiary/aromatic N) is 2. The van der Waals surface area contributed by atoms with Crippen molar-refractivity contribution in [3.05, 3.63) is 47.5 Å². The SMILES string of the molecule is CCCc1nc(NCC)cc(NCc2cccc(F)c2)n1. The second-order valence-electron chi connectivity index (χ2n) is 4.82. The number of rotatable bonds is 7. The first-order chi connectivity index (χ1) is 10.2. The molecule has 1 aromatic heterocycles. The van der Waals surface area contributed by atoms with Gasteiger partial charge in [-0.1, -0.05) is 19.1 Å². The van der Waals surface area contributed by atoms with Crippen LogP contribution in [-0.4, -0.2) is 16.5 Å². The van der Waals surface area contributed by atoms with Gasteiger partial charge in [-0.05, 0) is 31.0 Å².